The van der Waals surface area contributed by atoms with E-state index in [9.17, 15) is 4.79 Å². The largest absolute Gasteiger partial charge is 0.379 e. The second-order valence-corrected chi connectivity index (χ2v) is 5.08. The number of para-hydroxylation sites is 1. The lowest BCUT2D eigenvalue weighted by atomic mass is 10.1. The highest BCUT2D eigenvalue weighted by Crippen LogP contribution is 2.17. The van der Waals surface area contributed by atoms with E-state index in [-0.39, 0.29) is 5.91 Å². The van der Waals surface area contributed by atoms with Crippen LogP contribution in [0.1, 0.15) is 18.2 Å². The molecular formula is C14H17N3OS. The zero-order valence-electron chi connectivity index (χ0n) is 11.1. The molecule has 100 valence electrons. The van der Waals surface area contributed by atoms with Gasteiger partial charge in [-0.15, -0.1) is 11.3 Å². The van der Waals surface area contributed by atoms with Crippen molar-refractivity contribution in [1.29, 1.82) is 0 Å². The topological polar surface area (TPSA) is 45.2 Å². The summed E-state index contributed by atoms with van der Waals surface area (Å²) in [5.41, 5.74) is 5.01. The van der Waals surface area contributed by atoms with Gasteiger partial charge < -0.3 is 10.2 Å². The van der Waals surface area contributed by atoms with Gasteiger partial charge in [0.2, 0.25) is 5.91 Å². The molecule has 2 rings (SSSR count). The molecule has 0 aliphatic rings. The number of rotatable bonds is 5. The van der Waals surface area contributed by atoms with E-state index in [4.69, 9.17) is 0 Å². The van der Waals surface area contributed by atoms with E-state index in [0.717, 1.165) is 16.9 Å². The van der Waals surface area contributed by atoms with Crippen LogP contribution in [-0.2, 0) is 17.9 Å². The van der Waals surface area contributed by atoms with E-state index in [1.54, 1.807) is 30.2 Å². The van der Waals surface area contributed by atoms with Crippen LogP contribution in [0.3, 0.4) is 0 Å². The lowest BCUT2D eigenvalue weighted by molar-refractivity contribution is -0.128. The highest BCUT2D eigenvalue weighted by molar-refractivity contribution is 7.07. The van der Waals surface area contributed by atoms with Gasteiger partial charge in [-0.1, -0.05) is 18.2 Å². The molecule has 0 unspecified atom stereocenters. The molecule has 2 aromatic rings. The number of thiazole rings is 1. The molecule has 1 heterocycles. The van der Waals surface area contributed by atoms with Gasteiger partial charge in [0, 0.05) is 31.6 Å². The first-order valence-corrected chi connectivity index (χ1v) is 7.01. The molecule has 0 saturated carbocycles. The monoisotopic (exact) mass is 275 g/mol. The maximum absolute atomic E-state index is 11.3. The molecule has 1 N–H and O–H groups in total. The average molecular weight is 275 g/mol. The number of carbonyl (C=O) groups is 1. The van der Waals surface area contributed by atoms with Crippen LogP contribution in [0.5, 0.6) is 0 Å². The van der Waals surface area contributed by atoms with Gasteiger partial charge >= 0.3 is 0 Å². The molecule has 0 atom stereocenters. The predicted molar refractivity (Wildman–Crippen MR) is 78.0 cm³/mol. The van der Waals surface area contributed by atoms with Crippen molar-refractivity contribution in [3.8, 4) is 0 Å². The number of hydrogen-bond acceptors (Lipinski definition) is 4. The van der Waals surface area contributed by atoms with Crippen molar-refractivity contribution in [2.24, 2.45) is 0 Å². The molecule has 19 heavy (non-hydrogen) atoms. The molecule has 0 aliphatic heterocycles. The summed E-state index contributed by atoms with van der Waals surface area (Å²) in [4.78, 5) is 17.2. The lowest BCUT2D eigenvalue weighted by Crippen LogP contribution is -2.23. The van der Waals surface area contributed by atoms with E-state index in [1.807, 2.05) is 35.2 Å². The summed E-state index contributed by atoms with van der Waals surface area (Å²) in [6.07, 6.45) is 0. The number of aromatic nitrogens is 1. The molecule has 1 aromatic heterocycles. The fourth-order valence-corrected chi connectivity index (χ4v) is 2.27. The summed E-state index contributed by atoms with van der Waals surface area (Å²) in [6.45, 7) is 2.88. The molecule has 0 bridgehead atoms. The first-order valence-electron chi connectivity index (χ1n) is 6.07. The Morgan fingerprint density at radius 2 is 2.21 bits per heavy atom. The van der Waals surface area contributed by atoms with Crippen molar-refractivity contribution in [3.63, 3.8) is 0 Å². The number of carbonyl (C=O) groups excluding carboxylic acids is 1. The van der Waals surface area contributed by atoms with Gasteiger partial charge in [-0.25, -0.2) is 4.98 Å². The Balaban J connectivity index is 2.05. The van der Waals surface area contributed by atoms with E-state index >= 15 is 0 Å². The predicted octanol–water partition coefficient (Wildman–Crippen LogP) is 2.73. The second-order valence-electron chi connectivity index (χ2n) is 4.37. The van der Waals surface area contributed by atoms with Crippen LogP contribution in [0.2, 0.25) is 0 Å². The summed E-state index contributed by atoms with van der Waals surface area (Å²) >= 11 is 1.59. The quantitative estimate of drug-likeness (QED) is 0.912. The molecule has 4 nitrogen and oxygen atoms in total. The Morgan fingerprint density at radius 3 is 2.89 bits per heavy atom. The Kier molecular flexibility index (Phi) is 4.52. The van der Waals surface area contributed by atoms with Crippen LogP contribution in [0.15, 0.2) is 35.2 Å². The number of benzene rings is 1. The minimum Gasteiger partial charge on any atom is -0.379 e. The summed E-state index contributed by atoms with van der Waals surface area (Å²) in [5, 5.41) is 5.39. The third kappa shape index (κ3) is 3.79. The average Bonchev–Trinajstić information content (AvgIpc) is 2.90. The zero-order chi connectivity index (χ0) is 13.7. The SMILES string of the molecule is CC(=O)N(C)Cc1ccccc1NCc1cscn1. The fraction of sp³-hybridized carbons (Fsp3) is 0.286. The molecule has 1 amide bonds. The van der Waals surface area contributed by atoms with Crippen molar-refractivity contribution < 1.29 is 4.79 Å². The number of anilines is 1. The smallest absolute Gasteiger partial charge is 0.219 e. The van der Waals surface area contributed by atoms with E-state index < -0.39 is 0 Å². The minimum absolute atomic E-state index is 0.0642. The molecule has 5 heteroatoms. The summed E-state index contributed by atoms with van der Waals surface area (Å²) < 4.78 is 0. The van der Waals surface area contributed by atoms with Crippen LogP contribution in [0.25, 0.3) is 0 Å². The number of nitrogens with one attached hydrogen (secondary N) is 1. The Bertz CT molecular complexity index is 539. The van der Waals surface area contributed by atoms with Gasteiger partial charge in [-0.2, -0.15) is 0 Å². The molecule has 0 radical (unpaired) electrons. The maximum Gasteiger partial charge on any atom is 0.219 e. The number of nitrogens with zero attached hydrogens (tertiary/aromatic N) is 2. The van der Waals surface area contributed by atoms with Gasteiger partial charge in [-0.3, -0.25) is 4.79 Å². The molecule has 0 spiro atoms. The molecular weight excluding hydrogens is 258 g/mol. The van der Waals surface area contributed by atoms with Crippen molar-refractivity contribution in [2.45, 2.75) is 20.0 Å². The van der Waals surface area contributed by atoms with Crippen LogP contribution in [0, 0.1) is 0 Å². The third-order valence-electron chi connectivity index (χ3n) is 2.91. The summed E-state index contributed by atoms with van der Waals surface area (Å²) in [5.74, 6) is 0.0642. The second kappa shape index (κ2) is 6.33. The van der Waals surface area contributed by atoms with Crippen LogP contribution in [-0.4, -0.2) is 22.8 Å². The third-order valence-corrected chi connectivity index (χ3v) is 3.54. The van der Waals surface area contributed by atoms with Crippen molar-refractivity contribution >= 4 is 22.9 Å². The highest BCUT2D eigenvalue weighted by Gasteiger charge is 2.07. The van der Waals surface area contributed by atoms with E-state index in [0.29, 0.717) is 13.1 Å². The standard InChI is InChI=1S/C14H17N3OS/c1-11(18)17(2)8-12-5-3-4-6-14(12)15-7-13-9-19-10-16-13/h3-6,9-10,15H,7-8H2,1-2H3. The maximum atomic E-state index is 11.3. The fourth-order valence-electron chi connectivity index (χ4n) is 1.71. The summed E-state index contributed by atoms with van der Waals surface area (Å²) in [7, 11) is 1.81. The number of amides is 1. The zero-order valence-corrected chi connectivity index (χ0v) is 11.9. The van der Waals surface area contributed by atoms with Crippen LogP contribution < -0.4 is 5.32 Å². The Hall–Kier alpha value is -1.88. The Morgan fingerprint density at radius 1 is 1.42 bits per heavy atom. The number of hydrogen-bond donors (Lipinski definition) is 1. The Labute approximate surface area is 117 Å². The first kappa shape index (κ1) is 13.5. The van der Waals surface area contributed by atoms with Gasteiger partial charge in [0.1, 0.15) is 0 Å². The van der Waals surface area contributed by atoms with E-state index in [2.05, 4.69) is 10.3 Å². The van der Waals surface area contributed by atoms with Crippen molar-refractivity contribution in [1.82, 2.24) is 9.88 Å². The first-order chi connectivity index (χ1) is 9.16. The normalized spacial score (nSPS) is 10.2. The molecule has 0 aliphatic carbocycles. The van der Waals surface area contributed by atoms with Crippen molar-refractivity contribution in [3.05, 3.63) is 46.4 Å². The van der Waals surface area contributed by atoms with Crippen LogP contribution >= 0.6 is 11.3 Å². The van der Waals surface area contributed by atoms with Gasteiger partial charge in [0.25, 0.3) is 0 Å². The van der Waals surface area contributed by atoms with Gasteiger partial charge in [0.05, 0.1) is 17.7 Å². The lowest BCUT2D eigenvalue weighted by Gasteiger charge is -2.18. The van der Waals surface area contributed by atoms with E-state index in [1.165, 1.54) is 0 Å². The van der Waals surface area contributed by atoms with Gasteiger partial charge in [0.15, 0.2) is 0 Å². The molecule has 0 saturated heterocycles. The highest BCUT2D eigenvalue weighted by atomic mass is 32.1. The summed E-state index contributed by atoms with van der Waals surface area (Å²) in [6, 6.07) is 8.02. The van der Waals surface area contributed by atoms with Crippen LogP contribution in [0.4, 0.5) is 5.69 Å². The molecule has 0 fully saturated rings. The van der Waals surface area contributed by atoms with Crippen molar-refractivity contribution in [2.75, 3.05) is 12.4 Å². The minimum atomic E-state index is 0.0642. The molecule has 1 aromatic carbocycles. The van der Waals surface area contributed by atoms with Gasteiger partial charge in [-0.05, 0) is 11.6 Å².